The quantitative estimate of drug-likeness (QED) is 0.815. The second-order valence-electron chi connectivity index (χ2n) is 9.32. The summed E-state index contributed by atoms with van der Waals surface area (Å²) in [6.45, 7) is 1.69. The van der Waals surface area contributed by atoms with Gasteiger partial charge in [-0.25, -0.2) is 0 Å². The van der Waals surface area contributed by atoms with Gasteiger partial charge in [0.2, 0.25) is 5.91 Å². The molecular formula is C23H31N3O. The zero-order valence-corrected chi connectivity index (χ0v) is 16.7. The monoisotopic (exact) mass is 365 g/mol. The molecule has 0 unspecified atom stereocenters. The minimum Gasteiger partial charge on any atom is -0.341 e. The number of benzene rings is 1. The van der Waals surface area contributed by atoms with Crippen molar-refractivity contribution < 1.29 is 4.79 Å². The average molecular weight is 366 g/mol. The van der Waals surface area contributed by atoms with Gasteiger partial charge in [-0.05, 0) is 76.4 Å². The maximum atomic E-state index is 13.0. The number of nitrogens with zero attached hydrogens (tertiary/aromatic N) is 3. The number of hydrogen-bond donors (Lipinski definition) is 0. The van der Waals surface area contributed by atoms with Crippen molar-refractivity contribution in [1.82, 2.24) is 9.80 Å². The molecule has 1 heterocycles. The molecule has 0 atom stereocenters. The Kier molecular flexibility index (Phi) is 4.55. The zero-order chi connectivity index (χ0) is 19.1. The van der Waals surface area contributed by atoms with Gasteiger partial charge in [-0.3, -0.25) is 9.69 Å². The van der Waals surface area contributed by atoms with Gasteiger partial charge in [0.15, 0.2) is 0 Å². The fourth-order valence-corrected chi connectivity index (χ4v) is 5.66. The maximum absolute atomic E-state index is 13.0. The zero-order valence-electron chi connectivity index (χ0n) is 16.7. The van der Waals surface area contributed by atoms with Crippen LogP contribution in [0.4, 0.5) is 0 Å². The topological polar surface area (TPSA) is 47.3 Å². The molecule has 0 bridgehead atoms. The van der Waals surface area contributed by atoms with E-state index >= 15 is 0 Å². The molecule has 2 saturated carbocycles. The standard InChI is InChI=1S/C23H31N3O/c1-25(2)23(19-7-4-3-5-8-19)13-11-21(12-14-23)15-16-26(18-21)20(27)22(17-24)9-6-10-22/h3-5,7-8H,6,9-16,18H2,1-2H3. The van der Waals surface area contributed by atoms with E-state index < -0.39 is 5.41 Å². The molecule has 1 aliphatic heterocycles. The Morgan fingerprint density at radius 3 is 2.22 bits per heavy atom. The normalized spacial score (nSPS) is 32.3. The first-order valence-corrected chi connectivity index (χ1v) is 10.4. The van der Waals surface area contributed by atoms with E-state index in [0.29, 0.717) is 0 Å². The summed E-state index contributed by atoms with van der Waals surface area (Å²) in [5, 5.41) is 9.52. The first kappa shape index (κ1) is 18.5. The van der Waals surface area contributed by atoms with E-state index in [4.69, 9.17) is 0 Å². The van der Waals surface area contributed by atoms with Gasteiger partial charge in [-0.2, -0.15) is 5.26 Å². The summed E-state index contributed by atoms with van der Waals surface area (Å²) in [5.74, 6) is 0.112. The molecule has 1 aromatic carbocycles. The smallest absolute Gasteiger partial charge is 0.243 e. The third-order valence-corrected chi connectivity index (χ3v) is 7.86. The number of carbonyl (C=O) groups is 1. The van der Waals surface area contributed by atoms with Crippen molar-refractivity contribution in [3.8, 4) is 6.07 Å². The molecule has 2 aliphatic carbocycles. The van der Waals surface area contributed by atoms with Crippen LogP contribution in [0.1, 0.15) is 56.9 Å². The predicted octanol–water partition coefficient (Wildman–Crippen LogP) is 3.93. The van der Waals surface area contributed by atoms with Crippen LogP contribution in [0.25, 0.3) is 0 Å². The molecule has 0 radical (unpaired) electrons. The van der Waals surface area contributed by atoms with Crippen LogP contribution < -0.4 is 0 Å². The van der Waals surface area contributed by atoms with E-state index in [1.165, 1.54) is 5.56 Å². The second-order valence-corrected chi connectivity index (χ2v) is 9.32. The number of amides is 1. The van der Waals surface area contributed by atoms with Gasteiger partial charge in [-0.1, -0.05) is 30.3 Å². The van der Waals surface area contributed by atoms with Crippen molar-refractivity contribution in [2.45, 2.75) is 56.9 Å². The minimum absolute atomic E-state index is 0.103. The Labute approximate surface area is 163 Å². The minimum atomic E-state index is -0.697. The molecule has 0 N–H and O–H groups in total. The Morgan fingerprint density at radius 1 is 1.04 bits per heavy atom. The van der Waals surface area contributed by atoms with Crippen molar-refractivity contribution >= 4 is 5.91 Å². The van der Waals surface area contributed by atoms with E-state index in [1.54, 1.807) is 0 Å². The fraction of sp³-hybridized carbons (Fsp3) is 0.652. The molecule has 1 saturated heterocycles. The van der Waals surface area contributed by atoms with Gasteiger partial charge in [0.25, 0.3) is 0 Å². The summed E-state index contributed by atoms with van der Waals surface area (Å²) < 4.78 is 0. The van der Waals surface area contributed by atoms with E-state index in [-0.39, 0.29) is 16.9 Å². The highest BCUT2D eigenvalue weighted by Crippen LogP contribution is 2.53. The van der Waals surface area contributed by atoms with E-state index in [9.17, 15) is 10.1 Å². The van der Waals surface area contributed by atoms with Gasteiger partial charge in [0.1, 0.15) is 5.41 Å². The lowest BCUT2D eigenvalue weighted by molar-refractivity contribution is -0.142. The largest absolute Gasteiger partial charge is 0.341 e. The third kappa shape index (κ3) is 2.88. The lowest BCUT2D eigenvalue weighted by Crippen LogP contribution is -2.49. The van der Waals surface area contributed by atoms with Crippen molar-refractivity contribution in [3.63, 3.8) is 0 Å². The predicted molar refractivity (Wildman–Crippen MR) is 106 cm³/mol. The first-order valence-electron chi connectivity index (χ1n) is 10.4. The molecule has 1 spiro atoms. The molecule has 0 aromatic heterocycles. The summed E-state index contributed by atoms with van der Waals surface area (Å²) in [6.07, 6.45) is 8.20. The number of rotatable bonds is 3. The highest BCUT2D eigenvalue weighted by atomic mass is 16.2. The van der Waals surface area contributed by atoms with Crippen LogP contribution in [0.2, 0.25) is 0 Å². The van der Waals surface area contributed by atoms with Crippen LogP contribution in [-0.4, -0.2) is 42.9 Å². The molecule has 4 heteroatoms. The van der Waals surface area contributed by atoms with E-state index in [2.05, 4.69) is 55.4 Å². The van der Waals surface area contributed by atoms with Crippen LogP contribution in [0.15, 0.2) is 30.3 Å². The Hall–Kier alpha value is -1.86. The molecule has 1 amide bonds. The number of carbonyl (C=O) groups excluding carboxylic acids is 1. The van der Waals surface area contributed by atoms with Gasteiger partial charge in [0, 0.05) is 18.6 Å². The van der Waals surface area contributed by atoms with Crippen LogP contribution >= 0.6 is 0 Å². The van der Waals surface area contributed by atoms with Crippen LogP contribution in [-0.2, 0) is 10.3 Å². The second kappa shape index (κ2) is 6.63. The van der Waals surface area contributed by atoms with Crippen LogP contribution in [0.3, 0.4) is 0 Å². The molecule has 4 rings (SSSR count). The van der Waals surface area contributed by atoms with E-state index in [0.717, 1.165) is 64.5 Å². The molecular weight excluding hydrogens is 334 g/mol. The molecule has 4 nitrogen and oxygen atoms in total. The lowest BCUT2D eigenvalue weighted by atomic mass is 9.64. The third-order valence-electron chi connectivity index (χ3n) is 7.86. The van der Waals surface area contributed by atoms with Gasteiger partial charge >= 0.3 is 0 Å². The SMILES string of the molecule is CN(C)C1(c2ccccc2)CCC2(CCN(C(=O)C3(C#N)CCC3)C2)CC1. The van der Waals surface area contributed by atoms with Crippen molar-refractivity contribution in [2.75, 3.05) is 27.2 Å². The maximum Gasteiger partial charge on any atom is 0.243 e. The first-order chi connectivity index (χ1) is 13.0. The van der Waals surface area contributed by atoms with Crippen molar-refractivity contribution in [2.24, 2.45) is 10.8 Å². The van der Waals surface area contributed by atoms with E-state index in [1.807, 2.05) is 4.90 Å². The molecule has 144 valence electrons. The van der Waals surface area contributed by atoms with Crippen molar-refractivity contribution in [1.29, 1.82) is 5.26 Å². The van der Waals surface area contributed by atoms with Gasteiger partial charge in [0.05, 0.1) is 6.07 Å². The molecule has 1 aromatic rings. The lowest BCUT2D eigenvalue weighted by Gasteiger charge is -2.49. The number of nitriles is 1. The number of hydrogen-bond acceptors (Lipinski definition) is 3. The summed E-state index contributed by atoms with van der Waals surface area (Å²) in [5.41, 5.74) is 1.07. The Morgan fingerprint density at radius 2 is 1.70 bits per heavy atom. The molecule has 27 heavy (non-hydrogen) atoms. The van der Waals surface area contributed by atoms with Crippen LogP contribution in [0.5, 0.6) is 0 Å². The number of likely N-dealkylation sites (tertiary alicyclic amines) is 1. The van der Waals surface area contributed by atoms with Gasteiger partial charge in [-0.15, -0.1) is 0 Å². The summed E-state index contributed by atoms with van der Waals surface area (Å²) in [7, 11) is 4.39. The van der Waals surface area contributed by atoms with Crippen molar-refractivity contribution in [3.05, 3.63) is 35.9 Å². The fourth-order valence-electron chi connectivity index (χ4n) is 5.66. The Bertz CT molecular complexity index is 737. The summed E-state index contributed by atoms with van der Waals surface area (Å²) in [6, 6.07) is 13.2. The summed E-state index contributed by atoms with van der Waals surface area (Å²) in [4.78, 5) is 17.4. The van der Waals surface area contributed by atoms with Crippen LogP contribution in [0, 0.1) is 22.2 Å². The highest BCUT2D eigenvalue weighted by molar-refractivity contribution is 5.86. The summed E-state index contributed by atoms with van der Waals surface area (Å²) >= 11 is 0. The Balaban J connectivity index is 1.47. The van der Waals surface area contributed by atoms with Gasteiger partial charge < -0.3 is 4.90 Å². The average Bonchev–Trinajstić information content (AvgIpc) is 3.06. The highest BCUT2D eigenvalue weighted by Gasteiger charge is 2.52. The molecule has 3 fully saturated rings. The molecule has 3 aliphatic rings.